The van der Waals surface area contributed by atoms with Gasteiger partial charge in [-0.2, -0.15) is 5.10 Å². The Bertz CT molecular complexity index is 868. The van der Waals surface area contributed by atoms with E-state index in [2.05, 4.69) is 20.5 Å². The number of hydrogen-bond donors (Lipinski definition) is 2. The fraction of sp³-hybridized carbons (Fsp3) is 0.263. The number of H-pyrrole nitrogens is 1. The lowest BCUT2D eigenvalue weighted by Crippen LogP contribution is -2.01. The summed E-state index contributed by atoms with van der Waals surface area (Å²) in [6.45, 7) is 0.504. The van der Waals surface area contributed by atoms with Crippen molar-refractivity contribution < 1.29 is 18.9 Å². The Balaban J connectivity index is 1.76. The van der Waals surface area contributed by atoms with Crippen LogP contribution in [0.4, 0.5) is 5.69 Å². The van der Waals surface area contributed by atoms with Crippen LogP contribution in [0, 0.1) is 0 Å². The van der Waals surface area contributed by atoms with Crippen molar-refractivity contribution >= 4 is 5.69 Å². The quantitative estimate of drug-likeness (QED) is 0.629. The van der Waals surface area contributed by atoms with Crippen molar-refractivity contribution in [3.8, 4) is 34.4 Å². The van der Waals surface area contributed by atoms with E-state index < -0.39 is 0 Å². The summed E-state index contributed by atoms with van der Waals surface area (Å²) < 4.78 is 21.3. The SMILES string of the molecule is COc1ccc(NCc2nc(-c3cc(OC)c(OC)c(OC)c3)n[nH]2)cc1. The van der Waals surface area contributed by atoms with Gasteiger partial charge in [0.15, 0.2) is 17.3 Å². The van der Waals surface area contributed by atoms with E-state index in [4.69, 9.17) is 18.9 Å². The van der Waals surface area contributed by atoms with E-state index >= 15 is 0 Å². The molecule has 0 spiro atoms. The topological polar surface area (TPSA) is 90.5 Å². The lowest BCUT2D eigenvalue weighted by Gasteiger charge is -2.12. The average molecular weight is 370 g/mol. The fourth-order valence-electron chi connectivity index (χ4n) is 2.61. The zero-order valence-corrected chi connectivity index (χ0v) is 15.7. The maximum Gasteiger partial charge on any atom is 0.203 e. The van der Waals surface area contributed by atoms with Crippen LogP contribution in [0.5, 0.6) is 23.0 Å². The molecular formula is C19H22N4O4. The van der Waals surface area contributed by atoms with Crippen LogP contribution in [0.1, 0.15) is 5.82 Å². The molecule has 8 heteroatoms. The van der Waals surface area contributed by atoms with Gasteiger partial charge in [0.25, 0.3) is 0 Å². The molecular weight excluding hydrogens is 348 g/mol. The summed E-state index contributed by atoms with van der Waals surface area (Å²) in [5.41, 5.74) is 1.72. The van der Waals surface area contributed by atoms with Gasteiger partial charge in [-0.3, -0.25) is 5.10 Å². The third-order valence-electron chi connectivity index (χ3n) is 4.00. The molecule has 0 aliphatic heterocycles. The molecule has 0 atom stereocenters. The largest absolute Gasteiger partial charge is 0.497 e. The third kappa shape index (κ3) is 4.05. The van der Waals surface area contributed by atoms with Crippen molar-refractivity contribution in [2.24, 2.45) is 0 Å². The first-order chi connectivity index (χ1) is 13.2. The highest BCUT2D eigenvalue weighted by molar-refractivity contribution is 5.66. The number of benzene rings is 2. The normalized spacial score (nSPS) is 10.4. The van der Waals surface area contributed by atoms with Crippen LogP contribution >= 0.6 is 0 Å². The Morgan fingerprint density at radius 2 is 1.56 bits per heavy atom. The monoisotopic (exact) mass is 370 g/mol. The van der Waals surface area contributed by atoms with Crippen molar-refractivity contribution in [1.29, 1.82) is 0 Å². The summed E-state index contributed by atoms with van der Waals surface area (Å²) in [4.78, 5) is 4.53. The van der Waals surface area contributed by atoms with Gasteiger partial charge in [0.1, 0.15) is 11.6 Å². The maximum absolute atomic E-state index is 5.38. The van der Waals surface area contributed by atoms with Gasteiger partial charge in [-0.1, -0.05) is 0 Å². The molecule has 8 nitrogen and oxygen atoms in total. The molecule has 1 aromatic heterocycles. The molecule has 1 heterocycles. The van der Waals surface area contributed by atoms with Crippen LogP contribution in [-0.4, -0.2) is 43.6 Å². The van der Waals surface area contributed by atoms with Crippen molar-refractivity contribution in [3.63, 3.8) is 0 Å². The summed E-state index contributed by atoms with van der Waals surface area (Å²) in [5, 5.41) is 10.5. The second kappa shape index (κ2) is 8.31. The van der Waals surface area contributed by atoms with Crippen LogP contribution < -0.4 is 24.3 Å². The zero-order valence-electron chi connectivity index (χ0n) is 15.7. The number of nitrogens with zero attached hydrogens (tertiary/aromatic N) is 2. The summed E-state index contributed by atoms with van der Waals surface area (Å²) in [7, 11) is 6.35. The second-order valence-electron chi connectivity index (χ2n) is 5.60. The molecule has 2 N–H and O–H groups in total. The minimum atomic E-state index is 0.504. The smallest absolute Gasteiger partial charge is 0.203 e. The van der Waals surface area contributed by atoms with E-state index in [9.17, 15) is 0 Å². The molecule has 27 heavy (non-hydrogen) atoms. The van der Waals surface area contributed by atoms with Crippen LogP contribution in [0.2, 0.25) is 0 Å². The minimum Gasteiger partial charge on any atom is -0.497 e. The van der Waals surface area contributed by atoms with Gasteiger partial charge in [0.05, 0.1) is 35.0 Å². The Labute approximate surface area is 157 Å². The van der Waals surface area contributed by atoms with Gasteiger partial charge in [0.2, 0.25) is 5.75 Å². The van der Waals surface area contributed by atoms with Crippen LogP contribution in [-0.2, 0) is 6.54 Å². The Morgan fingerprint density at radius 3 is 2.11 bits per heavy atom. The van der Waals surface area contributed by atoms with E-state index in [1.54, 1.807) is 28.4 Å². The van der Waals surface area contributed by atoms with Crippen LogP contribution in [0.3, 0.4) is 0 Å². The highest BCUT2D eigenvalue weighted by atomic mass is 16.5. The van der Waals surface area contributed by atoms with E-state index in [1.807, 2.05) is 36.4 Å². The first-order valence-corrected chi connectivity index (χ1v) is 8.28. The summed E-state index contributed by atoms with van der Waals surface area (Å²) in [6, 6.07) is 11.3. The molecule has 0 fully saturated rings. The van der Waals surface area contributed by atoms with E-state index in [-0.39, 0.29) is 0 Å². The third-order valence-corrected chi connectivity index (χ3v) is 4.00. The number of aromatic amines is 1. The number of ether oxygens (including phenoxy) is 4. The molecule has 0 radical (unpaired) electrons. The molecule has 0 aliphatic rings. The van der Waals surface area contributed by atoms with Gasteiger partial charge >= 0.3 is 0 Å². The number of nitrogens with one attached hydrogen (secondary N) is 2. The van der Waals surface area contributed by atoms with Crippen LogP contribution in [0.15, 0.2) is 36.4 Å². The highest BCUT2D eigenvalue weighted by Crippen LogP contribution is 2.40. The van der Waals surface area contributed by atoms with Gasteiger partial charge < -0.3 is 24.3 Å². The van der Waals surface area contributed by atoms with Gasteiger partial charge in [-0.05, 0) is 36.4 Å². The molecule has 3 rings (SSSR count). The molecule has 142 valence electrons. The van der Waals surface area contributed by atoms with Gasteiger partial charge in [-0.15, -0.1) is 0 Å². The molecule has 0 saturated carbocycles. The van der Waals surface area contributed by atoms with E-state index in [1.165, 1.54) is 0 Å². The van der Waals surface area contributed by atoms with Gasteiger partial charge in [-0.25, -0.2) is 4.98 Å². The molecule has 0 bridgehead atoms. The van der Waals surface area contributed by atoms with Crippen molar-refractivity contribution in [3.05, 3.63) is 42.2 Å². The predicted molar refractivity (Wildman–Crippen MR) is 102 cm³/mol. The predicted octanol–water partition coefficient (Wildman–Crippen LogP) is 3.12. The molecule has 0 amide bonds. The van der Waals surface area contributed by atoms with Crippen molar-refractivity contribution in [2.45, 2.75) is 6.54 Å². The summed E-state index contributed by atoms with van der Waals surface area (Å²) >= 11 is 0. The molecule has 0 saturated heterocycles. The summed E-state index contributed by atoms with van der Waals surface area (Å²) in [6.07, 6.45) is 0. The first-order valence-electron chi connectivity index (χ1n) is 8.28. The summed E-state index contributed by atoms with van der Waals surface area (Å²) in [5.74, 6) is 3.69. The first kappa shape index (κ1) is 18.4. The number of methoxy groups -OCH3 is 4. The Morgan fingerprint density at radius 1 is 0.889 bits per heavy atom. The van der Waals surface area contributed by atoms with Crippen molar-refractivity contribution in [2.75, 3.05) is 33.8 Å². The Hall–Kier alpha value is -3.42. The molecule has 2 aromatic carbocycles. The standard InChI is InChI=1S/C19H22N4O4/c1-24-14-7-5-13(6-8-14)20-11-17-21-19(23-22-17)12-9-15(25-2)18(27-4)16(10-12)26-3/h5-10,20H,11H2,1-4H3,(H,21,22,23). The van der Waals surface area contributed by atoms with Crippen LogP contribution in [0.25, 0.3) is 11.4 Å². The zero-order chi connectivity index (χ0) is 19.2. The lowest BCUT2D eigenvalue weighted by molar-refractivity contribution is 0.324. The van der Waals surface area contributed by atoms with Gasteiger partial charge in [0, 0.05) is 11.3 Å². The number of rotatable bonds is 8. The van der Waals surface area contributed by atoms with E-state index in [0.29, 0.717) is 35.4 Å². The Kier molecular flexibility index (Phi) is 5.65. The average Bonchev–Trinajstić information content (AvgIpc) is 3.20. The molecule has 0 unspecified atom stereocenters. The lowest BCUT2D eigenvalue weighted by atomic mass is 10.1. The van der Waals surface area contributed by atoms with E-state index in [0.717, 1.165) is 17.0 Å². The highest BCUT2D eigenvalue weighted by Gasteiger charge is 2.16. The minimum absolute atomic E-state index is 0.504. The number of hydrogen-bond acceptors (Lipinski definition) is 7. The molecule has 0 aliphatic carbocycles. The van der Waals surface area contributed by atoms with Crippen molar-refractivity contribution in [1.82, 2.24) is 15.2 Å². The fourth-order valence-corrected chi connectivity index (χ4v) is 2.61. The second-order valence-corrected chi connectivity index (χ2v) is 5.60. The number of anilines is 1. The maximum atomic E-state index is 5.38. The molecule has 3 aromatic rings. The number of aromatic nitrogens is 3.